The highest BCUT2D eigenvalue weighted by atomic mass is 35.5. The maximum absolute atomic E-state index is 12.2. The van der Waals surface area contributed by atoms with Crippen molar-refractivity contribution in [1.82, 2.24) is 20.1 Å². The van der Waals surface area contributed by atoms with E-state index in [-0.39, 0.29) is 18.9 Å². The molecule has 7 nitrogen and oxygen atoms in total. The summed E-state index contributed by atoms with van der Waals surface area (Å²) in [5.74, 6) is 0.334. The van der Waals surface area contributed by atoms with Crippen molar-refractivity contribution in [2.45, 2.75) is 19.2 Å². The Bertz CT molecular complexity index is 911. The van der Waals surface area contributed by atoms with Crippen LogP contribution in [0.25, 0.3) is 0 Å². The number of aromatic nitrogens is 3. The molecule has 1 aromatic heterocycles. The lowest BCUT2D eigenvalue weighted by atomic mass is 10.1. The topological polar surface area (TPSA) is 89.3 Å². The van der Waals surface area contributed by atoms with E-state index >= 15 is 0 Å². The first-order valence-corrected chi connectivity index (χ1v) is 8.67. The lowest BCUT2D eigenvalue weighted by molar-refractivity contribution is 0.0938. The minimum atomic E-state index is -0.781. The number of nitrogens with zero attached hydrogens (tertiary/aromatic N) is 3. The summed E-state index contributed by atoms with van der Waals surface area (Å²) in [6.45, 7) is 0.457. The SMILES string of the molecule is COc1ccc(C(O)Cn2cnc(C(=O)NCc3ccccc3Cl)n2)cc1. The Morgan fingerprint density at radius 1 is 1.26 bits per heavy atom. The molecule has 0 saturated carbocycles. The lowest BCUT2D eigenvalue weighted by Gasteiger charge is -2.11. The van der Waals surface area contributed by atoms with Crippen molar-refractivity contribution in [2.75, 3.05) is 7.11 Å². The maximum atomic E-state index is 12.2. The largest absolute Gasteiger partial charge is 0.497 e. The van der Waals surface area contributed by atoms with Gasteiger partial charge in [0.1, 0.15) is 12.1 Å². The summed E-state index contributed by atoms with van der Waals surface area (Å²) in [6, 6.07) is 14.4. The zero-order chi connectivity index (χ0) is 19.2. The van der Waals surface area contributed by atoms with Crippen molar-refractivity contribution in [3.63, 3.8) is 0 Å². The third-order valence-corrected chi connectivity index (χ3v) is 4.37. The predicted molar refractivity (Wildman–Crippen MR) is 101 cm³/mol. The number of aliphatic hydroxyl groups excluding tert-OH is 1. The Morgan fingerprint density at radius 2 is 2.00 bits per heavy atom. The molecule has 3 rings (SSSR count). The van der Waals surface area contributed by atoms with Gasteiger partial charge in [0.25, 0.3) is 5.91 Å². The second kappa shape index (κ2) is 8.66. The summed E-state index contributed by atoms with van der Waals surface area (Å²) in [5, 5.41) is 17.8. The van der Waals surface area contributed by atoms with Crippen molar-refractivity contribution < 1.29 is 14.6 Å². The Hall–Kier alpha value is -2.90. The average molecular weight is 387 g/mol. The summed E-state index contributed by atoms with van der Waals surface area (Å²) < 4.78 is 6.53. The highest BCUT2D eigenvalue weighted by Gasteiger charge is 2.14. The van der Waals surface area contributed by atoms with Gasteiger partial charge in [-0.25, -0.2) is 9.67 Å². The van der Waals surface area contributed by atoms with E-state index < -0.39 is 12.0 Å². The first kappa shape index (κ1) is 18.9. The first-order chi connectivity index (χ1) is 13.1. The third-order valence-electron chi connectivity index (χ3n) is 4.00. The number of ether oxygens (including phenoxy) is 1. The van der Waals surface area contributed by atoms with Gasteiger partial charge in [-0.2, -0.15) is 0 Å². The zero-order valence-corrected chi connectivity index (χ0v) is 15.4. The van der Waals surface area contributed by atoms with Gasteiger partial charge >= 0.3 is 0 Å². The molecule has 0 spiro atoms. The smallest absolute Gasteiger partial charge is 0.291 e. The van der Waals surface area contributed by atoms with Crippen molar-refractivity contribution in [3.05, 3.63) is 76.8 Å². The molecule has 8 heteroatoms. The molecule has 0 aliphatic carbocycles. The van der Waals surface area contributed by atoms with Crippen LogP contribution >= 0.6 is 11.6 Å². The molecule has 1 amide bonds. The van der Waals surface area contributed by atoms with Crippen LogP contribution < -0.4 is 10.1 Å². The van der Waals surface area contributed by atoms with Gasteiger partial charge in [-0.3, -0.25) is 4.79 Å². The molecule has 140 valence electrons. The molecular weight excluding hydrogens is 368 g/mol. The van der Waals surface area contributed by atoms with E-state index in [2.05, 4.69) is 15.4 Å². The number of nitrogens with one attached hydrogen (secondary N) is 1. The summed E-state index contributed by atoms with van der Waals surface area (Å²) >= 11 is 6.07. The fourth-order valence-electron chi connectivity index (χ4n) is 2.49. The molecule has 2 aromatic carbocycles. The number of methoxy groups -OCH3 is 1. The Kier molecular flexibility index (Phi) is 6.05. The van der Waals surface area contributed by atoms with E-state index in [1.54, 1.807) is 37.4 Å². The van der Waals surface area contributed by atoms with Crippen LogP contribution in [0.1, 0.15) is 27.8 Å². The average Bonchev–Trinajstić information content (AvgIpc) is 3.15. The molecule has 0 bridgehead atoms. The van der Waals surface area contributed by atoms with Crippen LogP contribution in [0.4, 0.5) is 0 Å². The molecule has 1 heterocycles. The van der Waals surface area contributed by atoms with Gasteiger partial charge < -0.3 is 15.2 Å². The summed E-state index contributed by atoms with van der Waals surface area (Å²) in [4.78, 5) is 16.2. The fraction of sp³-hybridized carbons (Fsp3) is 0.211. The van der Waals surface area contributed by atoms with Crippen LogP contribution in [0.5, 0.6) is 5.75 Å². The normalized spacial score (nSPS) is 11.8. The summed E-state index contributed by atoms with van der Waals surface area (Å²) in [5.41, 5.74) is 1.53. The van der Waals surface area contributed by atoms with Gasteiger partial charge in [-0.05, 0) is 29.3 Å². The molecule has 0 aliphatic heterocycles. The molecule has 2 N–H and O–H groups in total. The van der Waals surface area contributed by atoms with Crippen LogP contribution in [0.3, 0.4) is 0 Å². The highest BCUT2D eigenvalue weighted by molar-refractivity contribution is 6.31. The number of amides is 1. The van der Waals surface area contributed by atoms with Gasteiger partial charge in [-0.1, -0.05) is 41.9 Å². The number of hydrogen-bond donors (Lipinski definition) is 2. The van der Waals surface area contributed by atoms with E-state index in [0.29, 0.717) is 10.8 Å². The lowest BCUT2D eigenvalue weighted by Crippen LogP contribution is -2.24. The maximum Gasteiger partial charge on any atom is 0.291 e. The zero-order valence-electron chi connectivity index (χ0n) is 14.7. The molecule has 0 aliphatic rings. The quantitative estimate of drug-likeness (QED) is 0.651. The van der Waals surface area contributed by atoms with Gasteiger partial charge in [-0.15, -0.1) is 5.10 Å². The molecule has 0 radical (unpaired) electrons. The molecular formula is C19H19ClN4O3. The number of carbonyl (C=O) groups is 1. The van der Waals surface area contributed by atoms with Gasteiger partial charge in [0.15, 0.2) is 0 Å². The van der Waals surface area contributed by atoms with E-state index in [0.717, 1.165) is 11.1 Å². The van der Waals surface area contributed by atoms with Crippen LogP contribution in [0.15, 0.2) is 54.9 Å². The molecule has 3 aromatic rings. The van der Waals surface area contributed by atoms with Crippen molar-refractivity contribution in [3.8, 4) is 5.75 Å². The fourth-order valence-corrected chi connectivity index (χ4v) is 2.69. The van der Waals surface area contributed by atoms with E-state index in [4.69, 9.17) is 16.3 Å². The second-order valence-electron chi connectivity index (χ2n) is 5.85. The third kappa shape index (κ3) is 4.84. The number of rotatable bonds is 7. The standard InChI is InChI=1S/C19H19ClN4O3/c1-27-15-8-6-13(7-9-15)17(25)11-24-12-22-18(23-24)19(26)21-10-14-4-2-3-5-16(14)20/h2-9,12,17,25H,10-11H2,1H3,(H,21,26). The van der Waals surface area contributed by atoms with Gasteiger partial charge in [0.2, 0.25) is 5.82 Å². The summed E-state index contributed by atoms with van der Waals surface area (Å²) in [6.07, 6.45) is 0.633. The number of hydrogen-bond acceptors (Lipinski definition) is 5. The van der Waals surface area contributed by atoms with Gasteiger partial charge in [0.05, 0.1) is 19.8 Å². The van der Waals surface area contributed by atoms with E-state index in [9.17, 15) is 9.90 Å². The number of aliphatic hydroxyl groups is 1. The molecule has 0 saturated heterocycles. The van der Waals surface area contributed by atoms with Crippen molar-refractivity contribution >= 4 is 17.5 Å². The molecule has 1 atom stereocenters. The van der Waals surface area contributed by atoms with Crippen molar-refractivity contribution in [2.24, 2.45) is 0 Å². The van der Waals surface area contributed by atoms with Crippen LogP contribution in [0, 0.1) is 0 Å². The minimum Gasteiger partial charge on any atom is -0.497 e. The molecule has 0 fully saturated rings. The Labute approximate surface area is 161 Å². The van der Waals surface area contributed by atoms with E-state index in [1.165, 1.54) is 11.0 Å². The number of carbonyl (C=O) groups excluding carboxylic acids is 1. The Morgan fingerprint density at radius 3 is 2.70 bits per heavy atom. The van der Waals surface area contributed by atoms with Crippen molar-refractivity contribution in [1.29, 1.82) is 0 Å². The van der Waals surface area contributed by atoms with Gasteiger partial charge in [0, 0.05) is 11.6 Å². The number of halogens is 1. The highest BCUT2D eigenvalue weighted by Crippen LogP contribution is 2.19. The predicted octanol–water partition coefficient (Wildman–Crippen LogP) is 2.60. The van der Waals surface area contributed by atoms with Crippen LogP contribution in [-0.2, 0) is 13.1 Å². The molecule has 1 unspecified atom stereocenters. The second-order valence-corrected chi connectivity index (χ2v) is 6.26. The Balaban J connectivity index is 1.58. The minimum absolute atomic E-state index is 0.0315. The summed E-state index contributed by atoms with van der Waals surface area (Å²) in [7, 11) is 1.58. The first-order valence-electron chi connectivity index (χ1n) is 8.30. The number of benzene rings is 2. The van der Waals surface area contributed by atoms with Crippen LogP contribution in [-0.4, -0.2) is 32.9 Å². The monoisotopic (exact) mass is 386 g/mol. The molecule has 27 heavy (non-hydrogen) atoms. The van der Waals surface area contributed by atoms with Crippen LogP contribution in [0.2, 0.25) is 5.02 Å². The van der Waals surface area contributed by atoms with E-state index in [1.807, 2.05) is 18.2 Å².